The van der Waals surface area contributed by atoms with Crippen molar-refractivity contribution < 1.29 is 32.2 Å². The summed E-state index contributed by atoms with van der Waals surface area (Å²) in [6.45, 7) is 7.68. The molecule has 0 radical (unpaired) electrons. The van der Waals surface area contributed by atoms with E-state index >= 15 is 0 Å². The molecule has 0 aliphatic carbocycles. The molecule has 3 rings (SSSR count). The van der Waals surface area contributed by atoms with Gasteiger partial charge < -0.3 is 18.9 Å². The van der Waals surface area contributed by atoms with Gasteiger partial charge in [-0.25, -0.2) is 13.2 Å². The van der Waals surface area contributed by atoms with E-state index in [0.29, 0.717) is 35.8 Å². The van der Waals surface area contributed by atoms with Crippen molar-refractivity contribution in [3.63, 3.8) is 0 Å². The first-order valence-electron chi connectivity index (χ1n) is 9.86. The fourth-order valence-corrected chi connectivity index (χ4v) is 4.00. The Morgan fingerprint density at radius 3 is 2.35 bits per heavy atom. The number of carbonyl (C=O) groups excluding carboxylic acids is 1. The fourth-order valence-electron chi connectivity index (χ4n) is 3.37. The van der Waals surface area contributed by atoms with Crippen LogP contribution in [0.25, 0.3) is 0 Å². The zero-order chi connectivity index (χ0) is 23.0. The van der Waals surface area contributed by atoms with Gasteiger partial charge in [0, 0.05) is 25.3 Å². The second kappa shape index (κ2) is 8.16. The first-order chi connectivity index (χ1) is 14.3. The normalized spacial score (nSPS) is 18.3. The Labute approximate surface area is 183 Å². The Kier molecular flexibility index (Phi) is 6.08. The summed E-state index contributed by atoms with van der Waals surface area (Å²) in [4.78, 5) is 12.9. The zero-order valence-electron chi connectivity index (χ0n) is 18.6. The molecule has 1 unspecified atom stereocenters. The molecule has 8 heteroatoms. The highest BCUT2D eigenvalue weighted by Crippen LogP contribution is 2.43. The predicted molar refractivity (Wildman–Crippen MR) is 116 cm³/mol. The van der Waals surface area contributed by atoms with Crippen LogP contribution >= 0.6 is 0 Å². The van der Waals surface area contributed by atoms with Gasteiger partial charge in [0.1, 0.15) is 28.5 Å². The number of esters is 1. The van der Waals surface area contributed by atoms with Gasteiger partial charge in [-0.15, -0.1) is 0 Å². The molecule has 1 aliphatic heterocycles. The van der Waals surface area contributed by atoms with Crippen molar-refractivity contribution in [2.45, 2.75) is 50.2 Å². The van der Waals surface area contributed by atoms with Gasteiger partial charge in [0.05, 0.1) is 17.1 Å². The van der Waals surface area contributed by atoms with Crippen molar-refractivity contribution in [3.05, 3.63) is 47.5 Å². The van der Waals surface area contributed by atoms with Crippen LogP contribution in [0, 0.1) is 0 Å². The zero-order valence-corrected chi connectivity index (χ0v) is 19.5. The van der Waals surface area contributed by atoms with E-state index in [1.165, 1.54) is 12.1 Å². The number of rotatable bonds is 6. The number of methoxy groups -OCH3 is 1. The number of hydrogen-bond donors (Lipinski definition) is 0. The standard InChI is InChI=1S/C23H28O7S/c1-22(2,3)30-21(24)15-11-19(18-13-23(4,14-27-5)29-20(18)12-15)28-16-7-9-17(10-8-16)31(6,25)26/h7-12H,13-14H2,1-6H3. The summed E-state index contributed by atoms with van der Waals surface area (Å²) in [5.74, 6) is 0.934. The first kappa shape index (κ1) is 23.1. The van der Waals surface area contributed by atoms with Crippen molar-refractivity contribution >= 4 is 15.8 Å². The molecule has 0 spiro atoms. The smallest absolute Gasteiger partial charge is 0.338 e. The summed E-state index contributed by atoms with van der Waals surface area (Å²) in [6.07, 6.45) is 1.68. The molecular weight excluding hydrogens is 420 g/mol. The van der Waals surface area contributed by atoms with Crippen LogP contribution in [0.3, 0.4) is 0 Å². The SMILES string of the molecule is COCC1(C)Cc2c(Oc3ccc(S(C)(=O)=O)cc3)cc(C(=O)OC(C)(C)C)cc2O1. The molecule has 0 fully saturated rings. The largest absolute Gasteiger partial charge is 0.484 e. The lowest BCUT2D eigenvalue weighted by atomic mass is 9.98. The van der Waals surface area contributed by atoms with E-state index in [-0.39, 0.29) is 4.90 Å². The van der Waals surface area contributed by atoms with Crippen molar-refractivity contribution in [3.8, 4) is 17.2 Å². The van der Waals surface area contributed by atoms with Gasteiger partial charge in [-0.2, -0.15) is 0 Å². The maximum atomic E-state index is 12.7. The molecule has 0 N–H and O–H groups in total. The summed E-state index contributed by atoms with van der Waals surface area (Å²) < 4.78 is 46.4. The molecule has 2 aromatic rings. The third-order valence-electron chi connectivity index (χ3n) is 4.64. The summed E-state index contributed by atoms with van der Waals surface area (Å²) in [7, 11) is -1.71. The summed E-state index contributed by atoms with van der Waals surface area (Å²) in [5.41, 5.74) is -0.136. The van der Waals surface area contributed by atoms with Gasteiger partial charge >= 0.3 is 5.97 Å². The van der Waals surface area contributed by atoms with Crippen LogP contribution in [0.2, 0.25) is 0 Å². The molecule has 1 heterocycles. The van der Waals surface area contributed by atoms with Gasteiger partial charge in [0.25, 0.3) is 0 Å². The van der Waals surface area contributed by atoms with Crippen molar-refractivity contribution in [1.82, 2.24) is 0 Å². The molecule has 31 heavy (non-hydrogen) atoms. The molecule has 0 amide bonds. The van der Waals surface area contributed by atoms with E-state index in [1.807, 2.05) is 6.92 Å². The van der Waals surface area contributed by atoms with Gasteiger partial charge in [-0.1, -0.05) is 0 Å². The van der Waals surface area contributed by atoms with Crippen LogP contribution in [-0.4, -0.2) is 45.6 Å². The number of sulfone groups is 1. The maximum absolute atomic E-state index is 12.7. The van der Waals surface area contributed by atoms with Gasteiger partial charge in [0.15, 0.2) is 9.84 Å². The first-order valence-corrected chi connectivity index (χ1v) is 11.7. The van der Waals surface area contributed by atoms with Gasteiger partial charge in [-0.05, 0) is 64.1 Å². The number of ether oxygens (including phenoxy) is 4. The Hall–Kier alpha value is -2.58. The number of carbonyl (C=O) groups is 1. The van der Waals surface area contributed by atoms with E-state index in [4.69, 9.17) is 18.9 Å². The van der Waals surface area contributed by atoms with E-state index in [2.05, 4.69) is 0 Å². The highest BCUT2D eigenvalue weighted by molar-refractivity contribution is 7.90. The molecular formula is C23H28O7S. The molecule has 0 aromatic heterocycles. The minimum absolute atomic E-state index is 0.198. The Morgan fingerprint density at radius 1 is 1.16 bits per heavy atom. The van der Waals surface area contributed by atoms with Crippen LogP contribution in [-0.2, 0) is 25.7 Å². The van der Waals surface area contributed by atoms with Crippen molar-refractivity contribution in [1.29, 1.82) is 0 Å². The quantitative estimate of drug-likeness (QED) is 0.613. The van der Waals surface area contributed by atoms with Crippen LogP contribution in [0.1, 0.15) is 43.6 Å². The van der Waals surface area contributed by atoms with E-state index in [0.717, 1.165) is 11.8 Å². The van der Waals surface area contributed by atoms with E-state index in [1.54, 1.807) is 52.1 Å². The molecule has 2 aromatic carbocycles. The number of benzene rings is 2. The van der Waals surface area contributed by atoms with Crippen LogP contribution in [0.5, 0.6) is 17.2 Å². The van der Waals surface area contributed by atoms with E-state index in [9.17, 15) is 13.2 Å². The van der Waals surface area contributed by atoms with Gasteiger partial charge in [-0.3, -0.25) is 0 Å². The average molecular weight is 449 g/mol. The Morgan fingerprint density at radius 2 is 1.81 bits per heavy atom. The molecule has 0 saturated heterocycles. The number of hydrogen-bond acceptors (Lipinski definition) is 7. The molecule has 1 atom stereocenters. The van der Waals surface area contributed by atoms with Crippen LogP contribution in [0.4, 0.5) is 0 Å². The second-order valence-electron chi connectivity index (χ2n) is 8.96. The molecule has 0 saturated carbocycles. The topological polar surface area (TPSA) is 88.1 Å². The minimum atomic E-state index is -3.31. The lowest BCUT2D eigenvalue weighted by molar-refractivity contribution is 0.00656. The average Bonchev–Trinajstić information content (AvgIpc) is 2.96. The van der Waals surface area contributed by atoms with Crippen LogP contribution in [0.15, 0.2) is 41.3 Å². The van der Waals surface area contributed by atoms with Crippen molar-refractivity contribution in [2.75, 3.05) is 20.0 Å². The van der Waals surface area contributed by atoms with Gasteiger partial charge in [0.2, 0.25) is 0 Å². The molecule has 0 bridgehead atoms. The fraction of sp³-hybridized carbons (Fsp3) is 0.435. The highest BCUT2D eigenvalue weighted by Gasteiger charge is 2.38. The third-order valence-corrected chi connectivity index (χ3v) is 5.77. The maximum Gasteiger partial charge on any atom is 0.338 e. The lowest BCUT2D eigenvalue weighted by Crippen LogP contribution is -2.35. The number of fused-ring (bicyclic) bond motifs is 1. The van der Waals surface area contributed by atoms with Crippen LogP contribution < -0.4 is 9.47 Å². The van der Waals surface area contributed by atoms with Crippen molar-refractivity contribution in [2.24, 2.45) is 0 Å². The Balaban J connectivity index is 1.99. The minimum Gasteiger partial charge on any atom is -0.484 e. The lowest BCUT2D eigenvalue weighted by Gasteiger charge is -2.22. The monoisotopic (exact) mass is 448 g/mol. The predicted octanol–water partition coefficient (Wildman–Crippen LogP) is 4.18. The second-order valence-corrected chi connectivity index (χ2v) is 11.0. The summed E-state index contributed by atoms with van der Waals surface area (Å²) >= 11 is 0. The summed E-state index contributed by atoms with van der Waals surface area (Å²) in [6, 6.07) is 9.39. The highest BCUT2D eigenvalue weighted by atomic mass is 32.2. The molecule has 168 valence electrons. The molecule has 1 aliphatic rings. The summed E-state index contributed by atoms with van der Waals surface area (Å²) in [5, 5.41) is 0. The Bertz CT molecular complexity index is 1080. The third kappa shape index (κ3) is 5.57. The molecule has 7 nitrogen and oxygen atoms in total. The van der Waals surface area contributed by atoms with E-state index < -0.39 is 27.0 Å².